The van der Waals surface area contributed by atoms with E-state index in [2.05, 4.69) is 4.98 Å². The number of rotatable bonds is 10. The van der Waals surface area contributed by atoms with Gasteiger partial charge in [-0.15, -0.1) is 11.8 Å². The average Bonchev–Trinajstić information content (AvgIpc) is 2.89. The van der Waals surface area contributed by atoms with Crippen LogP contribution in [0.5, 0.6) is 5.75 Å². The smallest absolute Gasteiger partial charge is 0.309 e. The number of pyridine rings is 1. The third-order valence-electron chi connectivity index (χ3n) is 7.18. The lowest BCUT2D eigenvalue weighted by Gasteiger charge is -2.39. The van der Waals surface area contributed by atoms with E-state index in [1.165, 1.54) is 7.11 Å². The second kappa shape index (κ2) is 11.9. The Morgan fingerprint density at radius 3 is 2.45 bits per heavy atom. The first kappa shape index (κ1) is 28.1. The molecule has 1 aliphatic rings. The van der Waals surface area contributed by atoms with Crippen LogP contribution in [0.2, 0.25) is 0 Å². The maximum absolute atomic E-state index is 14.7. The van der Waals surface area contributed by atoms with Crippen molar-refractivity contribution >= 4 is 28.6 Å². The maximum atomic E-state index is 14.7. The van der Waals surface area contributed by atoms with Crippen LogP contribution in [0.4, 0.5) is 17.6 Å². The molecule has 0 saturated carbocycles. The number of likely N-dealkylation sites (tertiary alicyclic amines) is 1. The first-order valence-corrected chi connectivity index (χ1v) is 13.2. The number of halogens is 4. The van der Waals surface area contributed by atoms with E-state index in [1.54, 1.807) is 18.2 Å². The SMILES string of the molecule is COc1ccc2ncc(F)c(C(O)CCC3(C(=O)O)CCN(CCSc4c(F)cc(F)cc4F)CC3)c2c1. The van der Waals surface area contributed by atoms with E-state index in [9.17, 15) is 32.6 Å². The summed E-state index contributed by atoms with van der Waals surface area (Å²) in [6.45, 7) is 1.36. The highest BCUT2D eigenvalue weighted by molar-refractivity contribution is 7.99. The molecule has 2 N–H and O–H groups in total. The fourth-order valence-electron chi connectivity index (χ4n) is 4.91. The highest BCUT2D eigenvalue weighted by Gasteiger charge is 2.41. The summed E-state index contributed by atoms with van der Waals surface area (Å²) in [5.74, 6) is -3.71. The van der Waals surface area contributed by atoms with Crippen LogP contribution in [0.1, 0.15) is 37.4 Å². The molecule has 3 aromatic rings. The number of aliphatic hydroxyl groups is 1. The molecular weight excluding hydrogens is 524 g/mol. The number of nitrogens with zero attached hydrogens (tertiary/aromatic N) is 2. The molecular formula is C27H28F4N2O4S. The van der Waals surface area contributed by atoms with E-state index in [1.807, 2.05) is 4.90 Å². The molecule has 1 aliphatic heterocycles. The van der Waals surface area contributed by atoms with Crippen molar-refractivity contribution in [3.05, 3.63) is 65.4 Å². The van der Waals surface area contributed by atoms with Crippen molar-refractivity contribution in [1.82, 2.24) is 9.88 Å². The van der Waals surface area contributed by atoms with Crippen LogP contribution in [-0.2, 0) is 4.79 Å². The molecule has 1 atom stereocenters. The molecule has 2 heterocycles. The van der Waals surface area contributed by atoms with Gasteiger partial charge in [-0.05, 0) is 57.0 Å². The number of ether oxygens (including phenoxy) is 1. The van der Waals surface area contributed by atoms with Crippen LogP contribution in [0, 0.1) is 28.7 Å². The van der Waals surface area contributed by atoms with Crippen LogP contribution in [0.25, 0.3) is 10.9 Å². The number of aliphatic hydroxyl groups excluding tert-OH is 1. The highest BCUT2D eigenvalue weighted by Crippen LogP contribution is 2.40. The number of benzene rings is 2. The summed E-state index contributed by atoms with van der Waals surface area (Å²) in [6, 6.07) is 6.21. The Morgan fingerprint density at radius 2 is 1.82 bits per heavy atom. The lowest BCUT2D eigenvalue weighted by atomic mass is 9.74. The Morgan fingerprint density at radius 1 is 1.13 bits per heavy atom. The number of hydrogen-bond acceptors (Lipinski definition) is 6. The molecule has 0 aliphatic carbocycles. The summed E-state index contributed by atoms with van der Waals surface area (Å²) in [7, 11) is 1.48. The van der Waals surface area contributed by atoms with Gasteiger partial charge in [0.05, 0.1) is 35.2 Å². The largest absolute Gasteiger partial charge is 0.497 e. The zero-order chi connectivity index (χ0) is 27.4. The van der Waals surface area contributed by atoms with Crippen LogP contribution < -0.4 is 4.74 Å². The third kappa shape index (κ3) is 6.05. The number of methoxy groups -OCH3 is 1. The van der Waals surface area contributed by atoms with Gasteiger partial charge >= 0.3 is 5.97 Å². The number of aliphatic carboxylic acids is 1. The molecule has 0 spiro atoms. The van der Waals surface area contributed by atoms with E-state index in [4.69, 9.17) is 4.74 Å². The van der Waals surface area contributed by atoms with Gasteiger partial charge in [-0.2, -0.15) is 0 Å². The minimum absolute atomic E-state index is 0.0402. The van der Waals surface area contributed by atoms with Crippen molar-refractivity contribution in [2.75, 3.05) is 32.5 Å². The van der Waals surface area contributed by atoms with Gasteiger partial charge in [0, 0.05) is 35.4 Å². The molecule has 0 bridgehead atoms. The second-order valence-electron chi connectivity index (χ2n) is 9.43. The molecule has 1 aromatic heterocycles. The van der Waals surface area contributed by atoms with Crippen LogP contribution in [-0.4, -0.2) is 58.6 Å². The number of carbonyl (C=O) groups is 1. The summed E-state index contributed by atoms with van der Waals surface area (Å²) in [4.78, 5) is 18.1. The van der Waals surface area contributed by atoms with E-state index >= 15 is 0 Å². The van der Waals surface area contributed by atoms with Crippen molar-refractivity contribution in [2.45, 2.75) is 36.7 Å². The van der Waals surface area contributed by atoms with Gasteiger partial charge in [0.25, 0.3) is 0 Å². The molecule has 6 nitrogen and oxygen atoms in total. The summed E-state index contributed by atoms with van der Waals surface area (Å²) >= 11 is 0.942. The topological polar surface area (TPSA) is 82.9 Å². The van der Waals surface area contributed by atoms with Crippen molar-refractivity contribution < 1.29 is 37.3 Å². The number of carboxylic acid groups (broad SMARTS) is 1. The van der Waals surface area contributed by atoms with Crippen molar-refractivity contribution in [2.24, 2.45) is 5.41 Å². The number of piperidine rings is 1. The third-order valence-corrected chi connectivity index (χ3v) is 8.25. The monoisotopic (exact) mass is 552 g/mol. The summed E-state index contributed by atoms with van der Waals surface area (Å²) < 4.78 is 60.8. The summed E-state index contributed by atoms with van der Waals surface area (Å²) in [6.07, 6.45) is 0.613. The Balaban J connectivity index is 1.37. The molecule has 4 rings (SSSR count). The van der Waals surface area contributed by atoms with Crippen molar-refractivity contribution in [1.29, 1.82) is 0 Å². The van der Waals surface area contributed by atoms with Gasteiger partial charge in [0.15, 0.2) is 0 Å². The lowest BCUT2D eigenvalue weighted by molar-refractivity contribution is -0.153. The molecule has 2 aromatic carbocycles. The normalized spacial score (nSPS) is 16.5. The van der Waals surface area contributed by atoms with E-state index in [0.717, 1.165) is 18.0 Å². The van der Waals surface area contributed by atoms with Gasteiger partial charge < -0.3 is 19.8 Å². The number of hydrogen-bond donors (Lipinski definition) is 2. The minimum atomic E-state index is -1.24. The Kier molecular flexibility index (Phi) is 8.79. The molecule has 1 unspecified atom stereocenters. The fourth-order valence-corrected chi connectivity index (χ4v) is 5.86. The number of aromatic nitrogens is 1. The molecule has 1 fully saturated rings. The zero-order valence-corrected chi connectivity index (χ0v) is 21.5. The average molecular weight is 553 g/mol. The minimum Gasteiger partial charge on any atom is -0.497 e. The van der Waals surface area contributed by atoms with Crippen LogP contribution in [0.3, 0.4) is 0 Å². The zero-order valence-electron chi connectivity index (χ0n) is 20.7. The quantitative estimate of drug-likeness (QED) is 0.251. The van der Waals surface area contributed by atoms with Crippen molar-refractivity contribution in [3.8, 4) is 5.75 Å². The standard InChI is InChI=1S/C27H28F4N2O4S/c1-37-17-2-3-22-18(14-17)24(21(31)15-32-22)23(34)4-5-27(26(35)36)6-8-33(9-7-27)10-11-38-25-19(29)12-16(28)13-20(25)30/h2-3,12-15,23,34H,4-11H2,1H3,(H,35,36). The summed E-state index contributed by atoms with van der Waals surface area (Å²) in [5, 5.41) is 21.4. The Labute approximate surface area is 221 Å². The van der Waals surface area contributed by atoms with Crippen molar-refractivity contribution in [3.63, 3.8) is 0 Å². The van der Waals surface area contributed by atoms with E-state index in [0.29, 0.717) is 67.0 Å². The lowest BCUT2D eigenvalue weighted by Crippen LogP contribution is -2.45. The maximum Gasteiger partial charge on any atom is 0.309 e. The predicted molar refractivity (Wildman–Crippen MR) is 135 cm³/mol. The predicted octanol–water partition coefficient (Wildman–Crippen LogP) is 5.57. The van der Waals surface area contributed by atoms with Gasteiger partial charge in [-0.3, -0.25) is 9.78 Å². The van der Waals surface area contributed by atoms with E-state index < -0.39 is 40.8 Å². The van der Waals surface area contributed by atoms with Gasteiger partial charge in [-0.25, -0.2) is 17.6 Å². The molecule has 0 amide bonds. The van der Waals surface area contributed by atoms with Gasteiger partial charge in [0.2, 0.25) is 0 Å². The van der Waals surface area contributed by atoms with Gasteiger partial charge in [-0.1, -0.05) is 0 Å². The highest BCUT2D eigenvalue weighted by atomic mass is 32.2. The molecule has 38 heavy (non-hydrogen) atoms. The van der Waals surface area contributed by atoms with Crippen LogP contribution in [0.15, 0.2) is 41.4 Å². The first-order chi connectivity index (χ1) is 18.1. The number of carboxylic acids is 1. The Bertz CT molecular complexity index is 1290. The fraction of sp³-hybridized carbons (Fsp3) is 0.407. The Hall–Kier alpha value is -2.89. The number of fused-ring (bicyclic) bond motifs is 1. The van der Waals surface area contributed by atoms with Crippen LogP contribution >= 0.6 is 11.8 Å². The van der Waals surface area contributed by atoms with Gasteiger partial charge in [0.1, 0.15) is 29.0 Å². The molecule has 204 valence electrons. The second-order valence-corrected chi connectivity index (χ2v) is 10.5. The number of thioether (sulfide) groups is 1. The van der Waals surface area contributed by atoms with E-state index in [-0.39, 0.29) is 23.3 Å². The first-order valence-electron chi connectivity index (χ1n) is 12.2. The summed E-state index contributed by atoms with van der Waals surface area (Å²) in [5.41, 5.74) is -0.540. The molecule has 1 saturated heterocycles. The molecule has 0 radical (unpaired) electrons. The molecule has 11 heteroatoms.